The number of halogens is 1. The average Bonchev–Trinajstić information content (AvgIpc) is 2.93. The SMILES string of the molecule is CC(C)(CO)NC(=O)Cn1nnnc1COc1ccc(Cl)cc1. The molecule has 0 spiro atoms. The molecule has 2 N–H and O–H groups in total. The van der Waals surface area contributed by atoms with Crippen molar-refractivity contribution in [2.24, 2.45) is 0 Å². The number of carbonyl (C=O) groups is 1. The molecule has 1 heterocycles. The van der Waals surface area contributed by atoms with Gasteiger partial charge in [-0.15, -0.1) is 5.10 Å². The quantitative estimate of drug-likeness (QED) is 0.773. The van der Waals surface area contributed by atoms with Crippen molar-refractivity contribution in [3.8, 4) is 5.75 Å². The first-order valence-corrected chi connectivity index (χ1v) is 7.33. The number of aromatic nitrogens is 4. The highest BCUT2D eigenvalue weighted by Gasteiger charge is 2.20. The van der Waals surface area contributed by atoms with Gasteiger partial charge in [0.25, 0.3) is 0 Å². The van der Waals surface area contributed by atoms with E-state index in [1.165, 1.54) is 4.68 Å². The molecule has 0 aliphatic carbocycles. The predicted octanol–water partition coefficient (Wildman–Crippen LogP) is 0.793. The zero-order chi connectivity index (χ0) is 16.9. The molecule has 1 amide bonds. The second-order valence-corrected chi connectivity index (χ2v) is 6.02. The normalized spacial score (nSPS) is 11.3. The third-order valence-electron chi connectivity index (χ3n) is 2.95. The molecule has 0 saturated heterocycles. The van der Waals surface area contributed by atoms with Gasteiger partial charge in [-0.2, -0.15) is 0 Å². The van der Waals surface area contributed by atoms with Crippen LogP contribution in [0.25, 0.3) is 0 Å². The van der Waals surface area contributed by atoms with Gasteiger partial charge in [0.05, 0.1) is 12.1 Å². The Balaban J connectivity index is 1.94. The van der Waals surface area contributed by atoms with Crippen LogP contribution in [0, 0.1) is 0 Å². The van der Waals surface area contributed by atoms with E-state index in [9.17, 15) is 4.79 Å². The van der Waals surface area contributed by atoms with E-state index in [4.69, 9.17) is 21.4 Å². The number of rotatable bonds is 7. The van der Waals surface area contributed by atoms with Crippen LogP contribution in [0.15, 0.2) is 24.3 Å². The van der Waals surface area contributed by atoms with Gasteiger partial charge in [-0.3, -0.25) is 4.79 Å². The Labute approximate surface area is 138 Å². The number of aliphatic hydroxyl groups excluding tert-OH is 1. The molecule has 124 valence electrons. The van der Waals surface area contributed by atoms with E-state index < -0.39 is 5.54 Å². The molecular weight excluding hydrogens is 322 g/mol. The summed E-state index contributed by atoms with van der Waals surface area (Å²) in [6.07, 6.45) is 0. The van der Waals surface area contributed by atoms with Crippen molar-refractivity contribution in [2.75, 3.05) is 6.61 Å². The summed E-state index contributed by atoms with van der Waals surface area (Å²) < 4.78 is 6.90. The van der Waals surface area contributed by atoms with Crippen molar-refractivity contribution in [2.45, 2.75) is 32.5 Å². The van der Waals surface area contributed by atoms with Crippen molar-refractivity contribution < 1.29 is 14.6 Å². The summed E-state index contributed by atoms with van der Waals surface area (Å²) in [6.45, 7) is 3.33. The number of carbonyl (C=O) groups excluding carboxylic acids is 1. The lowest BCUT2D eigenvalue weighted by Gasteiger charge is -2.23. The second kappa shape index (κ2) is 7.38. The number of hydrogen-bond acceptors (Lipinski definition) is 6. The molecule has 0 saturated carbocycles. The molecular formula is C14H18ClN5O3. The highest BCUT2D eigenvalue weighted by Crippen LogP contribution is 2.16. The van der Waals surface area contributed by atoms with E-state index in [0.29, 0.717) is 16.6 Å². The Bertz CT molecular complexity index is 657. The zero-order valence-corrected chi connectivity index (χ0v) is 13.6. The van der Waals surface area contributed by atoms with E-state index in [0.717, 1.165) is 0 Å². The summed E-state index contributed by atoms with van der Waals surface area (Å²) in [5.41, 5.74) is -0.703. The van der Waals surface area contributed by atoms with Crippen molar-refractivity contribution in [3.05, 3.63) is 35.1 Å². The molecule has 2 rings (SSSR count). The fourth-order valence-electron chi connectivity index (χ4n) is 1.72. The zero-order valence-electron chi connectivity index (χ0n) is 12.9. The summed E-state index contributed by atoms with van der Waals surface area (Å²) in [6, 6.07) is 6.88. The molecule has 8 nitrogen and oxygen atoms in total. The first kappa shape index (κ1) is 17.2. The minimum absolute atomic E-state index is 0.0598. The number of hydrogen-bond donors (Lipinski definition) is 2. The molecule has 0 aliphatic heterocycles. The molecule has 1 aromatic carbocycles. The Morgan fingerprint density at radius 3 is 2.74 bits per heavy atom. The van der Waals surface area contributed by atoms with Crippen LogP contribution in [0.5, 0.6) is 5.75 Å². The Morgan fingerprint density at radius 1 is 1.39 bits per heavy atom. The van der Waals surface area contributed by atoms with Gasteiger partial charge in [0.2, 0.25) is 5.91 Å². The Morgan fingerprint density at radius 2 is 2.09 bits per heavy atom. The van der Waals surface area contributed by atoms with Crippen LogP contribution in [0.3, 0.4) is 0 Å². The smallest absolute Gasteiger partial charge is 0.242 e. The van der Waals surface area contributed by atoms with Gasteiger partial charge in [0, 0.05) is 5.02 Å². The largest absolute Gasteiger partial charge is 0.486 e. The number of tetrazole rings is 1. The molecule has 0 atom stereocenters. The van der Waals surface area contributed by atoms with Crippen molar-refractivity contribution in [3.63, 3.8) is 0 Å². The van der Waals surface area contributed by atoms with Crippen LogP contribution >= 0.6 is 11.6 Å². The Kier molecular flexibility index (Phi) is 5.51. The maximum Gasteiger partial charge on any atom is 0.242 e. The molecule has 23 heavy (non-hydrogen) atoms. The maximum atomic E-state index is 12.0. The fourth-order valence-corrected chi connectivity index (χ4v) is 1.85. The van der Waals surface area contributed by atoms with Crippen LogP contribution in [-0.2, 0) is 17.9 Å². The Hall–Kier alpha value is -2.19. The van der Waals surface area contributed by atoms with E-state index in [1.807, 2.05) is 0 Å². The van der Waals surface area contributed by atoms with Gasteiger partial charge in [-0.25, -0.2) is 4.68 Å². The lowest BCUT2D eigenvalue weighted by Crippen LogP contribution is -2.47. The molecule has 9 heteroatoms. The number of nitrogens with one attached hydrogen (secondary N) is 1. The average molecular weight is 340 g/mol. The standard InChI is InChI=1S/C14H18ClN5O3/c1-14(2,9-21)16-13(22)7-20-12(17-18-19-20)8-23-11-5-3-10(15)4-6-11/h3-6,21H,7-9H2,1-2H3,(H,16,22). The molecule has 1 aromatic heterocycles. The molecule has 0 unspecified atom stereocenters. The molecule has 0 radical (unpaired) electrons. The van der Waals surface area contributed by atoms with E-state index >= 15 is 0 Å². The van der Waals surface area contributed by atoms with Crippen LogP contribution in [0.2, 0.25) is 5.02 Å². The predicted molar refractivity (Wildman–Crippen MR) is 82.9 cm³/mol. The molecule has 2 aromatic rings. The van der Waals surface area contributed by atoms with Gasteiger partial charge in [0.1, 0.15) is 18.9 Å². The summed E-state index contributed by atoms with van der Waals surface area (Å²) >= 11 is 5.80. The lowest BCUT2D eigenvalue weighted by atomic mass is 10.1. The third kappa shape index (κ3) is 5.19. The maximum absolute atomic E-state index is 12.0. The van der Waals surface area contributed by atoms with E-state index in [-0.39, 0.29) is 25.7 Å². The molecule has 0 aliphatic rings. The lowest BCUT2D eigenvalue weighted by molar-refractivity contribution is -0.124. The summed E-state index contributed by atoms with van der Waals surface area (Å²) in [7, 11) is 0. The van der Waals surface area contributed by atoms with Crippen molar-refractivity contribution in [1.29, 1.82) is 0 Å². The highest BCUT2D eigenvalue weighted by atomic mass is 35.5. The summed E-state index contributed by atoms with van der Waals surface area (Å²) in [5, 5.41) is 23.6. The first-order chi connectivity index (χ1) is 10.9. The first-order valence-electron chi connectivity index (χ1n) is 6.95. The third-order valence-corrected chi connectivity index (χ3v) is 3.21. The van der Waals surface area contributed by atoms with Gasteiger partial charge in [0.15, 0.2) is 5.82 Å². The summed E-state index contributed by atoms with van der Waals surface area (Å²) in [4.78, 5) is 12.0. The summed E-state index contributed by atoms with van der Waals surface area (Å²) in [5.74, 6) is 0.732. The van der Waals surface area contributed by atoms with Crippen molar-refractivity contribution in [1.82, 2.24) is 25.5 Å². The topological polar surface area (TPSA) is 102 Å². The number of ether oxygens (including phenoxy) is 1. The van der Waals surface area contributed by atoms with Crippen LogP contribution in [0.4, 0.5) is 0 Å². The van der Waals surface area contributed by atoms with E-state index in [2.05, 4.69) is 20.8 Å². The van der Waals surface area contributed by atoms with Gasteiger partial charge in [-0.1, -0.05) is 11.6 Å². The molecule has 0 bridgehead atoms. The minimum Gasteiger partial charge on any atom is -0.486 e. The number of aliphatic hydroxyl groups is 1. The monoisotopic (exact) mass is 339 g/mol. The van der Waals surface area contributed by atoms with Gasteiger partial charge in [-0.05, 0) is 48.5 Å². The van der Waals surface area contributed by atoms with Crippen LogP contribution < -0.4 is 10.1 Å². The number of amides is 1. The van der Waals surface area contributed by atoms with Gasteiger partial charge >= 0.3 is 0 Å². The number of nitrogens with zero attached hydrogens (tertiary/aromatic N) is 4. The van der Waals surface area contributed by atoms with Gasteiger partial charge < -0.3 is 15.2 Å². The molecule has 0 fully saturated rings. The van der Waals surface area contributed by atoms with Crippen LogP contribution in [-0.4, -0.2) is 43.4 Å². The van der Waals surface area contributed by atoms with Crippen LogP contribution in [0.1, 0.15) is 19.7 Å². The highest BCUT2D eigenvalue weighted by molar-refractivity contribution is 6.30. The minimum atomic E-state index is -0.703. The number of benzene rings is 1. The van der Waals surface area contributed by atoms with E-state index in [1.54, 1.807) is 38.1 Å². The van der Waals surface area contributed by atoms with Crippen molar-refractivity contribution >= 4 is 17.5 Å². The second-order valence-electron chi connectivity index (χ2n) is 5.59. The fraction of sp³-hybridized carbons (Fsp3) is 0.429.